The zero-order valence-electron chi connectivity index (χ0n) is 5.81. The maximum absolute atomic E-state index is 10.7. The van der Waals surface area contributed by atoms with E-state index in [0.29, 0.717) is 0 Å². The Kier molecular flexibility index (Phi) is 3.02. The van der Waals surface area contributed by atoms with Gasteiger partial charge in [0.05, 0.1) is 11.4 Å². The molecule has 0 fully saturated rings. The van der Waals surface area contributed by atoms with E-state index in [4.69, 9.17) is 0 Å². The van der Waals surface area contributed by atoms with E-state index in [1.165, 1.54) is 13.8 Å². The van der Waals surface area contributed by atoms with Crippen molar-refractivity contribution in [1.82, 2.24) is 0 Å². The van der Waals surface area contributed by atoms with E-state index in [-0.39, 0.29) is 5.33 Å². The number of carbonyl (C=O) groups excluding carboxylic acids is 2. The maximum atomic E-state index is 10.7. The van der Waals surface area contributed by atoms with Crippen molar-refractivity contribution in [3.63, 3.8) is 0 Å². The zero-order chi connectivity index (χ0) is 8.36. The smallest absolute Gasteiger partial charge is 0.142 e. The molecule has 0 aliphatic rings. The van der Waals surface area contributed by atoms with Crippen LogP contribution in [0.1, 0.15) is 13.8 Å². The number of carboxylic acid groups (broad SMARTS) is 1. The molecule has 4 heteroatoms. The summed E-state index contributed by atoms with van der Waals surface area (Å²) in [6.07, 6.45) is 0. The minimum Gasteiger partial charge on any atom is -0.549 e. The molecule has 1 atom stereocenters. The summed E-state index contributed by atoms with van der Waals surface area (Å²) >= 11 is 2.93. The predicted octanol–water partition coefficient (Wildman–Crippen LogP) is -0.274. The molecule has 0 bridgehead atoms. The van der Waals surface area contributed by atoms with E-state index < -0.39 is 17.2 Å². The van der Waals surface area contributed by atoms with Crippen molar-refractivity contribution >= 4 is 27.7 Å². The summed E-state index contributed by atoms with van der Waals surface area (Å²) in [5, 5.41) is 10.4. The van der Waals surface area contributed by atoms with Crippen molar-refractivity contribution in [3.05, 3.63) is 0 Å². The van der Waals surface area contributed by atoms with Crippen LogP contribution in [0.4, 0.5) is 0 Å². The van der Waals surface area contributed by atoms with Gasteiger partial charge < -0.3 is 9.90 Å². The van der Waals surface area contributed by atoms with Crippen molar-refractivity contribution in [3.8, 4) is 0 Å². The molecule has 0 aliphatic carbocycles. The quantitative estimate of drug-likeness (QED) is 0.473. The number of hydrogen-bond acceptors (Lipinski definition) is 3. The molecule has 10 heavy (non-hydrogen) atoms. The van der Waals surface area contributed by atoms with E-state index in [2.05, 4.69) is 15.9 Å². The van der Waals surface area contributed by atoms with Gasteiger partial charge in [0.2, 0.25) is 0 Å². The van der Waals surface area contributed by atoms with Gasteiger partial charge in [-0.2, -0.15) is 0 Å². The van der Waals surface area contributed by atoms with Crippen LogP contribution in [0.2, 0.25) is 0 Å². The number of hydrogen-bond donors (Lipinski definition) is 0. The largest absolute Gasteiger partial charge is 0.549 e. The molecule has 3 nitrogen and oxygen atoms in total. The second-order valence-corrected chi connectivity index (χ2v) is 2.87. The second kappa shape index (κ2) is 3.14. The van der Waals surface area contributed by atoms with Crippen LogP contribution in [-0.2, 0) is 9.59 Å². The van der Waals surface area contributed by atoms with Crippen molar-refractivity contribution < 1.29 is 14.7 Å². The lowest BCUT2D eigenvalue weighted by Crippen LogP contribution is -2.46. The number of rotatable bonds is 3. The summed E-state index contributed by atoms with van der Waals surface area (Å²) in [6, 6.07) is 0. The van der Waals surface area contributed by atoms with E-state index in [1.807, 2.05) is 0 Å². The molecule has 0 aromatic rings. The summed E-state index contributed by atoms with van der Waals surface area (Å²) in [5.74, 6) is -1.73. The van der Waals surface area contributed by atoms with Crippen LogP contribution in [0.15, 0.2) is 0 Å². The lowest BCUT2D eigenvalue weighted by atomic mass is 9.89. The molecule has 0 saturated heterocycles. The van der Waals surface area contributed by atoms with Gasteiger partial charge in [-0.15, -0.1) is 0 Å². The molecular formula is C6H8BrO3-. The molecule has 0 aromatic carbocycles. The van der Waals surface area contributed by atoms with Crippen LogP contribution in [0.25, 0.3) is 0 Å². The van der Waals surface area contributed by atoms with Crippen molar-refractivity contribution in [1.29, 1.82) is 0 Å². The first kappa shape index (κ1) is 9.62. The van der Waals surface area contributed by atoms with E-state index >= 15 is 0 Å². The Hall–Kier alpha value is -0.380. The Morgan fingerprint density at radius 3 is 2.00 bits per heavy atom. The molecule has 0 radical (unpaired) electrons. The summed E-state index contributed by atoms with van der Waals surface area (Å²) in [7, 11) is 0. The minimum atomic E-state index is -1.38. The molecule has 0 N–H and O–H groups in total. The van der Waals surface area contributed by atoms with Gasteiger partial charge in [-0.25, -0.2) is 0 Å². The van der Waals surface area contributed by atoms with E-state index in [0.717, 1.165) is 0 Å². The molecule has 0 aromatic heterocycles. The zero-order valence-corrected chi connectivity index (χ0v) is 7.40. The summed E-state index contributed by atoms with van der Waals surface area (Å²) < 4.78 is 0. The SMILES string of the molecule is CC(=O)C(C)(CBr)C(=O)[O-]. The highest BCUT2D eigenvalue weighted by atomic mass is 79.9. The first-order chi connectivity index (χ1) is 4.45. The number of ketones is 1. The monoisotopic (exact) mass is 207 g/mol. The summed E-state index contributed by atoms with van der Waals surface area (Å²) in [4.78, 5) is 21.0. The summed E-state index contributed by atoms with van der Waals surface area (Å²) in [5.41, 5.74) is -1.38. The highest BCUT2D eigenvalue weighted by Gasteiger charge is 2.29. The van der Waals surface area contributed by atoms with Crippen LogP contribution in [0.3, 0.4) is 0 Å². The highest BCUT2D eigenvalue weighted by Crippen LogP contribution is 2.19. The highest BCUT2D eigenvalue weighted by molar-refractivity contribution is 9.09. The van der Waals surface area contributed by atoms with Crippen molar-refractivity contribution in [2.45, 2.75) is 13.8 Å². The number of aliphatic carboxylic acids is 1. The average molecular weight is 208 g/mol. The third-order valence-electron chi connectivity index (χ3n) is 1.49. The third-order valence-corrected chi connectivity index (χ3v) is 2.62. The molecular weight excluding hydrogens is 200 g/mol. The van der Waals surface area contributed by atoms with E-state index in [1.54, 1.807) is 0 Å². The number of carbonyl (C=O) groups is 2. The fourth-order valence-electron chi connectivity index (χ4n) is 0.292. The minimum absolute atomic E-state index is 0.0949. The Labute approximate surface area is 67.5 Å². The maximum Gasteiger partial charge on any atom is 0.142 e. The molecule has 0 rings (SSSR count). The van der Waals surface area contributed by atoms with Crippen molar-refractivity contribution in [2.24, 2.45) is 5.41 Å². The Bertz CT molecular complexity index is 150. The molecule has 0 heterocycles. The molecule has 58 valence electrons. The van der Waals surface area contributed by atoms with Crippen LogP contribution in [0.5, 0.6) is 0 Å². The van der Waals surface area contributed by atoms with Crippen LogP contribution >= 0.6 is 15.9 Å². The fraction of sp³-hybridized carbons (Fsp3) is 0.667. The number of halogens is 1. The third kappa shape index (κ3) is 1.56. The van der Waals surface area contributed by atoms with Gasteiger partial charge in [0, 0.05) is 5.33 Å². The lowest BCUT2D eigenvalue weighted by molar-refractivity contribution is -0.314. The lowest BCUT2D eigenvalue weighted by Gasteiger charge is -2.24. The molecule has 0 saturated carbocycles. The Morgan fingerprint density at radius 1 is 1.60 bits per heavy atom. The standard InChI is InChI=1S/C6H9BrO3/c1-4(8)6(2,3-7)5(9)10/h3H2,1-2H3,(H,9,10)/p-1. The van der Waals surface area contributed by atoms with Gasteiger partial charge in [0.1, 0.15) is 5.78 Å². The van der Waals surface area contributed by atoms with Crippen LogP contribution in [-0.4, -0.2) is 17.1 Å². The first-order valence-electron chi connectivity index (χ1n) is 2.73. The van der Waals surface area contributed by atoms with Gasteiger partial charge in [0.15, 0.2) is 0 Å². The van der Waals surface area contributed by atoms with Gasteiger partial charge >= 0.3 is 0 Å². The normalized spacial score (nSPS) is 15.9. The predicted molar refractivity (Wildman–Crippen MR) is 37.6 cm³/mol. The molecule has 1 unspecified atom stereocenters. The molecule has 0 amide bonds. The number of alkyl halides is 1. The first-order valence-corrected chi connectivity index (χ1v) is 3.85. The average Bonchev–Trinajstić information content (AvgIpc) is 1.85. The number of carboxylic acids is 1. The van der Waals surface area contributed by atoms with Gasteiger partial charge in [-0.3, -0.25) is 4.79 Å². The molecule has 0 aliphatic heterocycles. The van der Waals surface area contributed by atoms with Crippen LogP contribution in [0, 0.1) is 5.41 Å². The van der Waals surface area contributed by atoms with Crippen LogP contribution < -0.4 is 5.11 Å². The van der Waals surface area contributed by atoms with Gasteiger partial charge in [0.25, 0.3) is 0 Å². The van der Waals surface area contributed by atoms with Gasteiger partial charge in [-0.05, 0) is 13.8 Å². The summed E-state index contributed by atoms with van der Waals surface area (Å²) in [6.45, 7) is 2.57. The second-order valence-electron chi connectivity index (χ2n) is 2.31. The van der Waals surface area contributed by atoms with Crippen molar-refractivity contribution in [2.75, 3.05) is 5.33 Å². The Balaban J connectivity index is 4.55. The number of Topliss-reactive ketones (excluding diaryl/α,β-unsaturated/α-hetero) is 1. The Morgan fingerprint density at radius 2 is 2.00 bits per heavy atom. The van der Waals surface area contributed by atoms with Gasteiger partial charge in [-0.1, -0.05) is 15.9 Å². The molecule has 0 spiro atoms. The van der Waals surface area contributed by atoms with E-state index in [9.17, 15) is 14.7 Å². The fourth-order valence-corrected chi connectivity index (χ4v) is 0.916. The topological polar surface area (TPSA) is 57.2 Å².